The number of aromatic nitrogens is 1. The Morgan fingerprint density at radius 1 is 1.12 bits per heavy atom. The Hall–Kier alpha value is -2.85. The standard InChI is InChI=1S/C23H31N3O6S/c1-5-31-19-11-9-18(10-12-19)25-22(27)17-8-7-13-26(14-17)33(29,30)21-16(4)24-15(3)20(21)23(28)32-6-2/h9-12,17,24H,5-8,13-14H2,1-4H3,(H,25,27)/t17-/m1/s1. The lowest BCUT2D eigenvalue weighted by molar-refractivity contribution is -0.120. The highest BCUT2D eigenvalue weighted by atomic mass is 32.2. The third-order valence-electron chi connectivity index (χ3n) is 5.58. The lowest BCUT2D eigenvalue weighted by Crippen LogP contribution is -2.44. The summed E-state index contributed by atoms with van der Waals surface area (Å²) in [6, 6.07) is 7.03. The zero-order valence-corrected chi connectivity index (χ0v) is 20.3. The third kappa shape index (κ3) is 5.39. The van der Waals surface area contributed by atoms with Crippen molar-refractivity contribution < 1.29 is 27.5 Å². The Morgan fingerprint density at radius 2 is 1.82 bits per heavy atom. The number of piperidine rings is 1. The number of H-pyrrole nitrogens is 1. The van der Waals surface area contributed by atoms with Gasteiger partial charge >= 0.3 is 5.97 Å². The zero-order chi connectivity index (χ0) is 24.2. The Morgan fingerprint density at radius 3 is 2.45 bits per heavy atom. The number of anilines is 1. The van der Waals surface area contributed by atoms with Crippen molar-refractivity contribution in [2.24, 2.45) is 5.92 Å². The van der Waals surface area contributed by atoms with Crippen LogP contribution in [-0.4, -0.2) is 55.9 Å². The van der Waals surface area contributed by atoms with Crippen LogP contribution in [-0.2, 0) is 19.6 Å². The maximum Gasteiger partial charge on any atom is 0.341 e. The van der Waals surface area contributed by atoms with E-state index >= 15 is 0 Å². The molecule has 180 valence electrons. The second-order valence-electron chi connectivity index (χ2n) is 7.95. The van der Waals surface area contributed by atoms with Crippen molar-refractivity contribution in [3.63, 3.8) is 0 Å². The van der Waals surface area contributed by atoms with Crippen LogP contribution >= 0.6 is 0 Å². The maximum atomic E-state index is 13.5. The number of amides is 1. The quantitative estimate of drug-likeness (QED) is 0.564. The first-order valence-corrected chi connectivity index (χ1v) is 12.5. The zero-order valence-electron chi connectivity index (χ0n) is 19.4. The first kappa shape index (κ1) is 24.8. The largest absolute Gasteiger partial charge is 0.494 e. The number of carbonyl (C=O) groups is 2. The van der Waals surface area contributed by atoms with Crippen LogP contribution < -0.4 is 10.1 Å². The average molecular weight is 478 g/mol. The van der Waals surface area contributed by atoms with Gasteiger partial charge < -0.3 is 19.8 Å². The molecule has 0 radical (unpaired) electrons. The average Bonchev–Trinajstić information content (AvgIpc) is 3.10. The fourth-order valence-electron chi connectivity index (χ4n) is 4.08. The van der Waals surface area contributed by atoms with E-state index in [1.165, 1.54) is 4.31 Å². The number of ether oxygens (including phenoxy) is 2. The summed E-state index contributed by atoms with van der Waals surface area (Å²) in [5, 5.41) is 2.86. The summed E-state index contributed by atoms with van der Waals surface area (Å²) < 4.78 is 38.8. The number of sulfonamides is 1. The monoisotopic (exact) mass is 477 g/mol. The Bertz CT molecular complexity index is 1110. The molecule has 1 aromatic carbocycles. The molecule has 2 aromatic rings. The molecule has 1 fully saturated rings. The Kier molecular flexibility index (Phi) is 7.80. The van der Waals surface area contributed by atoms with Gasteiger partial charge in [-0.3, -0.25) is 4.79 Å². The highest BCUT2D eigenvalue weighted by molar-refractivity contribution is 7.89. The molecule has 1 amide bonds. The molecule has 0 aliphatic carbocycles. The van der Waals surface area contributed by atoms with Gasteiger partial charge in [-0.2, -0.15) is 4.31 Å². The molecule has 33 heavy (non-hydrogen) atoms. The second kappa shape index (κ2) is 10.4. The van der Waals surface area contributed by atoms with Crippen molar-refractivity contribution >= 4 is 27.6 Å². The van der Waals surface area contributed by atoms with Crippen LogP contribution in [0.15, 0.2) is 29.2 Å². The molecule has 3 rings (SSSR count). The van der Waals surface area contributed by atoms with E-state index < -0.39 is 21.9 Å². The van der Waals surface area contributed by atoms with Crippen LogP contribution in [0.3, 0.4) is 0 Å². The fraction of sp³-hybridized carbons (Fsp3) is 0.478. The van der Waals surface area contributed by atoms with E-state index in [2.05, 4.69) is 10.3 Å². The number of nitrogens with zero attached hydrogens (tertiary/aromatic N) is 1. The fourth-order valence-corrected chi connectivity index (χ4v) is 6.02. The lowest BCUT2D eigenvalue weighted by Gasteiger charge is -2.31. The number of aromatic amines is 1. The minimum Gasteiger partial charge on any atom is -0.494 e. The minimum absolute atomic E-state index is 0.0234. The van der Waals surface area contributed by atoms with Gasteiger partial charge in [-0.1, -0.05) is 0 Å². The van der Waals surface area contributed by atoms with E-state index in [0.29, 0.717) is 42.3 Å². The summed E-state index contributed by atoms with van der Waals surface area (Å²) in [7, 11) is -4.01. The number of hydrogen-bond acceptors (Lipinski definition) is 6. The number of nitrogens with one attached hydrogen (secondary N) is 2. The van der Waals surface area contributed by atoms with Gasteiger partial charge in [0.1, 0.15) is 16.2 Å². The van der Waals surface area contributed by atoms with Gasteiger partial charge in [0.15, 0.2) is 0 Å². The molecule has 0 bridgehead atoms. The first-order valence-electron chi connectivity index (χ1n) is 11.1. The SMILES string of the molecule is CCOC(=O)c1c(C)[nH]c(C)c1S(=O)(=O)N1CCC[C@@H](C(=O)Nc2ccc(OCC)cc2)C1. The normalized spacial score (nSPS) is 16.9. The van der Waals surface area contributed by atoms with Crippen molar-refractivity contribution in [3.8, 4) is 5.75 Å². The van der Waals surface area contributed by atoms with E-state index in [0.717, 1.165) is 0 Å². The Balaban J connectivity index is 1.78. The number of rotatable bonds is 8. The molecule has 2 N–H and O–H groups in total. The van der Waals surface area contributed by atoms with Crippen molar-refractivity contribution in [2.75, 3.05) is 31.6 Å². The lowest BCUT2D eigenvalue weighted by atomic mass is 9.99. The predicted octanol–water partition coefficient (Wildman–Crippen LogP) is 3.25. The summed E-state index contributed by atoms with van der Waals surface area (Å²) in [5.41, 5.74) is 1.45. The van der Waals surface area contributed by atoms with Gasteiger partial charge in [-0.15, -0.1) is 0 Å². The third-order valence-corrected chi connectivity index (χ3v) is 7.62. The van der Waals surface area contributed by atoms with Crippen LogP contribution in [0, 0.1) is 19.8 Å². The molecule has 0 unspecified atom stereocenters. The van der Waals surface area contributed by atoms with Gasteiger partial charge in [0.25, 0.3) is 0 Å². The second-order valence-corrected chi connectivity index (χ2v) is 9.82. The van der Waals surface area contributed by atoms with Crippen molar-refractivity contribution in [1.29, 1.82) is 0 Å². The van der Waals surface area contributed by atoms with Gasteiger partial charge in [0.2, 0.25) is 15.9 Å². The van der Waals surface area contributed by atoms with E-state index in [1.807, 2.05) is 6.92 Å². The van der Waals surface area contributed by atoms with E-state index in [9.17, 15) is 18.0 Å². The van der Waals surface area contributed by atoms with Crippen LogP contribution in [0.5, 0.6) is 5.75 Å². The van der Waals surface area contributed by atoms with E-state index in [1.54, 1.807) is 45.0 Å². The molecular formula is C23H31N3O6S. The molecule has 10 heteroatoms. The molecule has 1 aliphatic heterocycles. The molecule has 2 heterocycles. The van der Waals surface area contributed by atoms with E-state index in [-0.39, 0.29) is 36.1 Å². The molecule has 1 atom stereocenters. The number of aryl methyl sites for hydroxylation is 2. The van der Waals surface area contributed by atoms with Crippen LogP contribution in [0.2, 0.25) is 0 Å². The summed E-state index contributed by atoms with van der Waals surface area (Å²) >= 11 is 0. The molecule has 0 saturated carbocycles. The van der Waals surface area contributed by atoms with Crippen molar-refractivity contribution in [3.05, 3.63) is 41.2 Å². The molecule has 1 aromatic heterocycles. The van der Waals surface area contributed by atoms with Crippen molar-refractivity contribution in [1.82, 2.24) is 9.29 Å². The maximum absolute atomic E-state index is 13.5. The van der Waals surface area contributed by atoms with Gasteiger partial charge in [0, 0.05) is 30.2 Å². The van der Waals surface area contributed by atoms with Gasteiger partial charge in [0.05, 0.1) is 19.1 Å². The van der Waals surface area contributed by atoms with E-state index in [4.69, 9.17) is 9.47 Å². The number of esters is 1. The molecule has 1 saturated heterocycles. The number of benzene rings is 1. The summed E-state index contributed by atoms with van der Waals surface area (Å²) in [4.78, 5) is 28.2. The number of carbonyl (C=O) groups excluding carboxylic acids is 2. The topological polar surface area (TPSA) is 118 Å². The van der Waals surface area contributed by atoms with Crippen LogP contribution in [0.25, 0.3) is 0 Å². The van der Waals surface area contributed by atoms with Crippen LogP contribution in [0.1, 0.15) is 48.4 Å². The van der Waals surface area contributed by atoms with Crippen LogP contribution in [0.4, 0.5) is 5.69 Å². The molecule has 0 spiro atoms. The first-order chi connectivity index (χ1) is 15.7. The summed E-state index contributed by atoms with van der Waals surface area (Å²) in [6.07, 6.45) is 1.11. The Labute approximate surface area is 194 Å². The van der Waals surface area contributed by atoms with Crippen molar-refractivity contribution in [2.45, 2.75) is 45.4 Å². The minimum atomic E-state index is -4.01. The van der Waals surface area contributed by atoms with Gasteiger partial charge in [-0.05, 0) is 64.8 Å². The molecule has 9 nitrogen and oxygen atoms in total. The molecule has 1 aliphatic rings. The summed E-state index contributed by atoms with van der Waals surface area (Å²) in [6.45, 7) is 7.82. The predicted molar refractivity (Wildman–Crippen MR) is 124 cm³/mol. The highest BCUT2D eigenvalue weighted by Gasteiger charge is 2.38. The summed E-state index contributed by atoms with van der Waals surface area (Å²) in [5.74, 6) is -0.724. The highest BCUT2D eigenvalue weighted by Crippen LogP contribution is 2.31. The van der Waals surface area contributed by atoms with Gasteiger partial charge in [-0.25, -0.2) is 13.2 Å². The molecular weight excluding hydrogens is 446 g/mol. The smallest absolute Gasteiger partial charge is 0.341 e. The number of hydrogen-bond donors (Lipinski definition) is 2.